The van der Waals surface area contributed by atoms with Gasteiger partial charge in [-0.25, -0.2) is 9.97 Å². The van der Waals surface area contributed by atoms with Gasteiger partial charge in [-0.15, -0.1) is 0 Å². The lowest BCUT2D eigenvalue weighted by atomic mass is 9.90. The second kappa shape index (κ2) is 6.96. The number of aromatic nitrogens is 2. The Morgan fingerprint density at radius 2 is 2.04 bits per heavy atom. The van der Waals surface area contributed by atoms with Gasteiger partial charge in [-0.3, -0.25) is 0 Å². The Balaban J connectivity index is 1.92. The molecule has 0 aliphatic carbocycles. The van der Waals surface area contributed by atoms with Crippen LogP contribution in [0.2, 0.25) is 10.0 Å². The molecule has 3 rings (SSSR count). The fraction of sp³-hybridized carbons (Fsp3) is 0.294. The molecular formula is C17H15Cl2N5O. The maximum Gasteiger partial charge on any atom is 0.169 e. The summed E-state index contributed by atoms with van der Waals surface area (Å²) in [6, 6.07) is 7.22. The van der Waals surface area contributed by atoms with Crippen molar-refractivity contribution in [2.24, 2.45) is 5.73 Å². The van der Waals surface area contributed by atoms with Crippen LogP contribution in [0.5, 0.6) is 0 Å². The Morgan fingerprint density at radius 3 is 2.68 bits per heavy atom. The molecule has 2 N–H and O–H groups in total. The van der Waals surface area contributed by atoms with Gasteiger partial charge in [0.2, 0.25) is 0 Å². The molecule has 1 aliphatic heterocycles. The second-order valence-electron chi connectivity index (χ2n) is 5.98. The summed E-state index contributed by atoms with van der Waals surface area (Å²) in [5, 5.41) is 10.2. The number of piperidine rings is 1. The molecule has 6 nitrogen and oxygen atoms in total. The lowest BCUT2D eigenvalue weighted by Gasteiger charge is -2.36. The topological polar surface area (TPSA) is 95.9 Å². The monoisotopic (exact) mass is 375 g/mol. The standard InChI is InChI=1S/C17H15Cl2N5O/c18-12-3-1-2-11(15(12)19)16-13(8-20)23-14(9-22-16)24-6-4-17(21,10-25)5-7-24/h1-3,9-10H,4-7,21H2. The number of nitriles is 1. The first-order valence-electron chi connectivity index (χ1n) is 7.69. The third kappa shape index (κ3) is 3.45. The molecule has 8 heteroatoms. The Hall–Kier alpha value is -2.20. The summed E-state index contributed by atoms with van der Waals surface area (Å²) in [6.07, 6.45) is 3.46. The zero-order valence-electron chi connectivity index (χ0n) is 13.2. The zero-order chi connectivity index (χ0) is 18.0. The van der Waals surface area contributed by atoms with Crippen LogP contribution in [0.1, 0.15) is 18.5 Å². The van der Waals surface area contributed by atoms with Crippen LogP contribution >= 0.6 is 23.2 Å². The molecule has 1 saturated heterocycles. The van der Waals surface area contributed by atoms with E-state index >= 15 is 0 Å². The maximum atomic E-state index is 11.0. The van der Waals surface area contributed by atoms with Crippen molar-refractivity contribution < 1.29 is 4.79 Å². The van der Waals surface area contributed by atoms with Crippen LogP contribution in [-0.2, 0) is 4.79 Å². The molecule has 1 aliphatic rings. The molecule has 0 bridgehead atoms. The molecule has 25 heavy (non-hydrogen) atoms. The van der Waals surface area contributed by atoms with Crippen molar-refractivity contribution in [3.05, 3.63) is 40.1 Å². The highest BCUT2D eigenvalue weighted by atomic mass is 35.5. The summed E-state index contributed by atoms with van der Waals surface area (Å²) in [4.78, 5) is 21.8. The lowest BCUT2D eigenvalue weighted by Crippen LogP contribution is -2.51. The molecule has 0 radical (unpaired) electrons. The molecule has 2 heterocycles. The molecule has 0 unspecified atom stereocenters. The van der Waals surface area contributed by atoms with Crippen LogP contribution in [-0.4, -0.2) is 34.9 Å². The zero-order valence-corrected chi connectivity index (χ0v) is 14.8. The quantitative estimate of drug-likeness (QED) is 0.828. The van der Waals surface area contributed by atoms with E-state index in [0.717, 1.165) is 6.29 Å². The van der Waals surface area contributed by atoms with Crippen molar-refractivity contribution in [3.63, 3.8) is 0 Å². The van der Waals surface area contributed by atoms with Crippen LogP contribution < -0.4 is 10.6 Å². The maximum absolute atomic E-state index is 11.0. The summed E-state index contributed by atoms with van der Waals surface area (Å²) in [7, 11) is 0. The number of aldehydes is 1. The average molecular weight is 376 g/mol. The van der Waals surface area contributed by atoms with Gasteiger partial charge in [-0.2, -0.15) is 5.26 Å². The summed E-state index contributed by atoms with van der Waals surface area (Å²) in [6.45, 7) is 1.15. The predicted octanol–water partition coefficient (Wildman–Crippen LogP) is 2.82. The van der Waals surface area contributed by atoms with E-state index in [2.05, 4.69) is 16.0 Å². The lowest BCUT2D eigenvalue weighted by molar-refractivity contribution is -0.112. The van der Waals surface area contributed by atoms with Crippen LogP contribution in [0.4, 0.5) is 5.82 Å². The van der Waals surface area contributed by atoms with Crippen molar-refractivity contribution in [3.8, 4) is 17.3 Å². The highest BCUT2D eigenvalue weighted by molar-refractivity contribution is 6.43. The third-order valence-electron chi connectivity index (χ3n) is 4.33. The SMILES string of the molecule is N#Cc1nc(N2CCC(N)(C=O)CC2)cnc1-c1cccc(Cl)c1Cl. The van der Waals surface area contributed by atoms with Crippen molar-refractivity contribution in [2.75, 3.05) is 18.0 Å². The van der Waals surface area contributed by atoms with E-state index in [1.165, 1.54) is 0 Å². The Bertz CT molecular complexity index is 857. The first-order valence-corrected chi connectivity index (χ1v) is 8.45. The first kappa shape index (κ1) is 17.6. The van der Waals surface area contributed by atoms with Crippen molar-refractivity contribution in [1.29, 1.82) is 5.26 Å². The number of anilines is 1. The minimum absolute atomic E-state index is 0.168. The Morgan fingerprint density at radius 1 is 1.32 bits per heavy atom. The van der Waals surface area contributed by atoms with Crippen LogP contribution in [0.25, 0.3) is 11.3 Å². The minimum Gasteiger partial charge on any atom is -0.355 e. The number of nitrogens with zero attached hydrogens (tertiary/aromatic N) is 4. The second-order valence-corrected chi connectivity index (χ2v) is 6.76. The normalized spacial score (nSPS) is 16.3. The van der Waals surface area contributed by atoms with Crippen LogP contribution in [0.3, 0.4) is 0 Å². The highest BCUT2D eigenvalue weighted by Crippen LogP contribution is 2.34. The van der Waals surface area contributed by atoms with Gasteiger partial charge < -0.3 is 15.4 Å². The summed E-state index contributed by atoms with van der Waals surface area (Å²) >= 11 is 12.3. The first-order chi connectivity index (χ1) is 12.0. The van der Waals surface area contributed by atoms with Crippen molar-refractivity contribution in [2.45, 2.75) is 18.4 Å². The number of hydrogen-bond acceptors (Lipinski definition) is 6. The number of carbonyl (C=O) groups is 1. The Kier molecular flexibility index (Phi) is 4.91. The average Bonchev–Trinajstić information content (AvgIpc) is 2.64. The van der Waals surface area contributed by atoms with E-state index < -0.39 is 5.54 Å². The van der Waals surface area contributed by atoms with E-state index in [-0.39, 0.29) is 5.69 Å². The smallest absolute Gasteiger partial charge is 0.169 e. The van der Waals surface area contributed by atoms with Crippen molar-refractivity contribution >= 4 is 35.3 Å². The van der Waals surface area contributed by atoms with Gasteiger partial charge in [0.15, 0.2) is 5.69 Å². The fourth-order valence-electron chi connectivity index (χ4n) is 2.76. The molecule has 1 aromatic heterocycles. The van der Waals surface area contributed by atoms with Gasteiger partial charge in [-0.05, 0) is 18.9 Å². The Labute approximate surface area is 155 Å². The van der Waals surface area contributed by atoms with Gasteiger partial charge in [0.05, 0.1) is 21.8 Å². The van der Waals surface area contributed by atoms with Gasteiger partial charge in [-0.1, -0.05) is 35.3 Å². The van der Waals surface area contributed by atoms with Gasteiger partial charge in [0.1, 0.15) is 23.9 Å². The van der Waals surface area contributed by atoms with Gasteiger partial charge in [0, 0.05) is 18.7 Å². The molecule has 0 spiro atoms. The summed E-state index contributed by atoms with van der Waals surface area (Å²) < 4.78 is 0. The van der Waals surface area contributed by atoms with E-state index in [9.17, 15) is 10.1 Å². The number of nitrogens with two attached hydrogens (primary N) is 1. The number of rotatable bonds is 3. The van der Waals surface area contributed by atoms with E-state index in [4.69, 9.17) is 28.9 Å². The number of benzene rings is 1. The van der Waals surface area contributed by atoms with Gasteiger partial charge in [0.25, 0.3) is 0 Å². The highest BCUT2D eigenvalue weighted by Gasteiger charge is 2.31. The molecule has 0 amide bonds. The third-order valence-corrected chi connectivity index (χ3v) is 5.14. The molecule has 0 atom stereocenters. The van der Waals surface area contributed by atoms with E-state index in [0.29, 0.717) is 53.1 Å². The largest absolute Gasteiger partial charge is 0.355 e. The number of halogens is 2. The van der Waals surface area contributed by atoms with Crippen LogP contribution in [0.15, 0.2) is 24.4 Å². The fourth-order valence-corrected chi connectivity index (χ4v) is 3.15. The summed E-state index contributed by atoms with van der Waals surface area (Å²) in [5.41, 5.74) is 6.31. The molecular weight excluding hydrogens is 361 g/mol. The van der Waals surface area contributed by atoms with E-state index in [1.54, 1.807) is 24.4 Å². The van der Waals surface area contributed by atoms with Gasteiger partial charge >= 0.3 is 0 Å². The number of hydrogen-bond donors (Lipinski definition) is 1. The molecule has 1 fully saturated rings. The summed E-state index contributed by atoms with van der Waals surface area (Å²) in [5.74, 6) is 0.575. The molecule has 1 aromatic carbocycles. The molecule has 128 valence electrons. The molecule has 2 aromatic rings. The predicted molar refractivity (Wildman–Crippen MR) is 96.6 cm³/mol. The number of carbonyl (C=O) groups excluding carboxylic acids is 1. The molecule has 0 saturated carbocycles. The van der Waals surface area contributed by atoms with Crippen molar-refractivity contribution in [1.82, 2.24) is 9.97 Å². The minimum atomic E-state index is -0.782. The van der Waals surface area contributed by atoms with Crippen LogP contribution in [0, 0.1) is 11.3 Å². The van der Waals surface area contributed by atoms with E-state index in [1.807, 2.05) is 4.90 Å².